The van der Waals surface area contributed by atoms with Gasteiger partial charge in [0.1, 0.15) is 11.9 Å². The summed E-state index contributed by atoms with van der Waals surface area (Å²) in [6, 6.07) is 0. The number of ether oxygens (including phenoxy) is 2. The fourth-order valence-corrected chi connectivity index (χ4v) is 4.61. The number of allylic oxidation sites excluding steroid dienone is 1. The van der Waals surface area contributed by atoms with E-state index in [9.17, 15) is 19.4 Å². The molecule has 2 saturated carbocycles. The number of methoxy groups -OCH3 is 1. The van der Waals surface area contributed by atoms with Crippen LogP contribution in [0.3, 0.4) is 0 Å². The van der Waals surface area contributed by atoms with Crippen molar-refractivity contribution in [3.63, 3.8) is 0 Å². The molecule has 2 aliphatic carbocycles. The van der Waals surface area contributed by atoms with Gasteiger partial charge >= 0.3 is 5.97 Å². The van der Waals surface area contributed by atoms with Gasteiger partial charge in [0.2, 0.25) is 0 Å². The lowest BCUT2D eigenvalue weighted by atomic mass is 9.91. The Labute approximate surface area is 160 Å². The lowest BCUT2D eigenvalue weighted by molar-refractivity contribution is -0.140. The fourth-order valence-electron chi connectivity index (χ4n) is 4.61. The quantitative estimate of drug-likeness (QED) is 0.498. The maximum absolute atomic E-state index is 14.4. The van der Waals surface area contributed by atoms with Gasteiger partial charge in [-0.3, -0.25) is 4.79 Å². The predicted octanol–water partition coefficient (Wildman–Crippen LogP) is 3.05. The molecule has 3 aliphatic rings. The van der Waals surface area contributed by atoms with Gasteiger partial charge in [-0.2, -0.15) is 0 Å². The second-order valence-electron chi connectivity index (χ2n) is 8.04. The molecule has 0 bridgehead atoms. The zero-order valence-corrected chi connectivity index (χ0v) is 15.9. The van der Waals surface area contributed by atoms with Crippen molar-refractivity contribution >= 4 is 5.97 Å². The second-order valence-corrected chi connectivity index (χ2v) is 8.04. The molecule has 0 aromatic rings. The average Bonchev–Trinajstić information content (AvgIpc) is 3.36. The number of rotatable bonds is 8. The number of hydrogen-bond donors (Lipinski definition) is 2. The summed E-state index contributed by atoms with van der Waals surface area (Å²) >= 11 is 0. The normalized spacial score (nSPS) is 33.0. The van der Waals surface area contributed by atoms with Crippen molar-refractivity contribution in [1.29, 1.82) is 0 Å². The molecule has 0 spiro atoms. The van der Waals surface area contributed by atoms with Crippen LogP contribution in [-0.2, 0) is 14.3 Å². The van der Waals surface area contributed by atoms with Gasteiger partial charge < -0.3 is 19.7 Å². The van der Waals surface area contributed by atoms with E-state index in [2.05, 4.69) is 4.74 Å². The van der Waals surface area contributed by atoms with E-state index in [1.807, 2.05) is 6.08 Å². The highest BCUT2D eigenvalue weighted by Crippen LogP contribution is 2.43. The number of aliphatic hydroxyl groups excluding tert-OH is 2. The summed E-state index contributed by atoms with van der Waals surface area (Å²) in [5.41, 5.74) is 0. The van der Waals surface area contributed by atoms with Gasteiger partial charge in [0, 0.05) is 24.7 Å². The Hall–Kier alpha value is -1.40. The molecule has 1 heterocycles. The van der Waals surface area contributed by atoms with Crippen molar-refractivity contribution in [3.05, 3.63) is 24.0 Å². The van der Waals surface area contributed by atoms with Crippen molar-refractivity contribution < 1.29 is 28.9 Å². The summed E-state index contributed by atoms with van der Waals surface area (Å²) in [7, 11) is 1.32. The number of alkyl halides is 1. The van der Waals surface area contributed by atoms with E-state index in [-0.39, 0.29) is 36.8 Å². The van der Waals surface area contributed by atoms with Gasteiger partial charge in [0.15, 0.2) is 6.17 Å². The smallest absolute Gasteiger partial charge is 0.305 e. The summed E-state index contributed by atoms with van der Waals surface area (Å²) < 4.78 is 24.8. The zero-order valence-electron chi connectivity index (χ0n) is 15.9. The van der Waals surface area contributed by atoms with Crippen LogP contribution in [0.5, 0.6) is 0 Å². The largest absolute Gasteiger partial charge is 0.491 e. The van der Waals surface area contributed by atoms with Crippen molar-refractivity contribution in [2.45, 2.75) is 75.9 Å². The summed E-state index contributed by atoms with van der Waals surface area (Å²) in [5.74, 6) is 0.0595. The van der Waals surface area contributed by atoms with Crippen LogP contribution in [0.2, 0.25) is 0 Å². The molecule has 2 N–H and O–H groups in total. The third-order valence-corrected chi connectivity index (χ3v) is 6.22. The van der Waals surface area contributed by atoms with E-state index in [0.29, 0.717) is 24.5 Å². The number of halogens is 1. The van der Waals surface area contributed by atoms with E-state index < -0.39 is 18.4 Å². The molecule has 0 unspecified atom stereocenters. The van der Waals surface area contributed by atoms with Gasteiger partial charge in [-0.15, -0.1) is 0 Å². The summed E-state index contributed by atoms with van der Waals surface area (Å²) in [5, 5.41) is 20.7. The van der Waals surface area contributed by atoms with Gasteiger partial charge in [-0.25, -0.2) is 4.39 Å². The maximum Gasteiger partial charge on any atom is 0.305 e. The molecule has 2 fully saturated rings. The van der Waals surface area contributed by atoms with Gasteiger partial charge in [-0.05, 0) is 37.7 Å². The van der Waals surface area contributed by atoms with E-state index in [4.69, 9.17) is 4.74 Å². The van der Waals surface area contributed by atoms with Gasteiger partial charge in [-0.1, -0.05) is 25.0 Å². The van der Waals surface area contributed by atoms with Crippen LogP contribution in [-0.4, -0.2) is 47.8 Å². The van der Waals surface area contributed by atoms with Gasteiger partial charge in [0.05, 0.1) is 19.3 Å². The SMILES string of the molecule is COC(=O)CCC[C@@H](F)C1=C[C@@H]2[C@@H](/C=C/[C@H](O)C3CCCC3)[C@H](O)C[C@@H]2O1. The summed E-state index contributed by atoms with van der Waals surface area (Å²) in [6.07, 6.45) is 8.73. The molecule has 152 valence electrons. The highest BCUT2D eigenvalue weighted by Gasteiger charge is 2.46. The Morgan fingerprint density at radius 2 is 2.19 bits per heavy atom. The first-order valence-electron chi connectivity index (χ1n) is 10.1. The highest BCUT2D eigenvalue weighted by molar-refractivity contribution is 5.69. The first-order valence-corrected chi connectivity index (χ1v) is 10.1. The first kappa shape index (κ1) is 20.3. The number of hydrogen-bond acceptors (Lipinski definition) is 5. The molecule has 0 radical (unpaired) electrons. The van der Waals surface area contributed by atoms with Crippen LogP contribution >= 0.6 is 0 Å². The van der Waals surface area contributed by atoms with E-state index in [0.717, 1.165) is 12.8 Å². The number of carbonyl (C=O) groups excluding carboxylic acids is 1. The van der Waals surface area contributed by atoms with E-state index >= 15 is 0 Å². The Kier molecular flexibility index (Phi) is 6.93. The first-order chi connectivity index (χ1) is 13.0. The molecule has 6 atom stereocenters. The van der Waals surface area contributed by atoms with E-state index in [1.165, 1.54) is 20.0 Å². The van der Waals surface area contributed by atoms with Crippen LogP contribution in [0.4, 0.5) is 4.39 Å². The van der Waals surface area contributed by atoms with Crippen molar-refractivity contribution in [1.82, 2.24) is 0 Å². The Bertz CT molecular complexity index is 569. The number of carbonyl (C=O) groups is 1. The molecule has 0 aromatic heterocycles. The van der Waals surface area contributed by atoms with Crippen molar-refractivity contribution in [2.24, 2.45) is 17.8 Å². The summed E-state index contributed by atoms with van der Waals surface area (Å²) in [4.78, 5) is 11.1. The summed E-state index contributed by atoms with van der Waals surface area (Å²) in [6.45, 7) is 0. The molecule has 27 heavy (non-hydrogen) atoms. The predicted molar refractivity (Wildman–Crippen MR) is 98.4 cm³/mol. The minimum atomic E-state index is -1.24. The topological polar surface area (TPSA) is 76.0 Å². The lowest BCUT2D eigenvalue weighted by Gasteiger charge is -2.17. The third-order valence-electron chi connectivity index (χ3n) is 6.22. The Morgan fingerprint density at radius 3 is 2.89 bits per heavy atom. The molecule has 0 aromatic carbocycles. The third kappa shape index (κ3) is 4.91. The lowest BCUT2D eigenvalue weighted by Crippen LogP contribution is -2.19. The monoisotopic (exact) mass is 382 g/mol. The van der Waals surface area contributed by atoms with Gasteiger partial charge in [0.25, 0.3) is 0 Å². The van der Waals surface area contributed by atoms with Crippen LogP contribution in [0.25, 0.3) is 0 Å². The molecule has 5 nitrogen and oxygen atoms in total. The Balaban J connectivity index is 1.55. The minimum Gasteiger partial charge on any atom is -0.491 e. The Morgan fingerprint density at radius 1 is 1.44 bits per heavy atom. The standard InChI is InChI=1S/C21H31FO5/c1-26-21(25)8-4-7-16(22)20-11-15-14(18(24)12-19(15)27-20)9-10-17(23)13-5-2-3-6-13/h9-11,13-19,23-24H,2-8,12H2,1H3/b10-9+/t14-,15-,16-,17+,18-,19+/m1/s1. The molecule has 0 saturated heterocycles. The zero-order chi connectivity index (χ0) is 19.4. The average molecular weight is 382 g/mol. The molecule has 6 heteroatoms. The minimum absolute atomic E-state index is 0.0686. The molecular formula is C21H31FO5. The van der Waals surface area contributed by atoms with Crippen molar-refractivity contribution in [3.8, 4) is 0 Å². The van der Waals surface area contributed by atoms with Crippen LogP contribution in [0.15, 0.2) is 24.0 Å². The maximum atomic E-state index is 14.4. The van der Waals surface area contributed by atoms with Crippen LogP contribution < -0.4 is 0 Å². The molecule has 1 aliphatic heterocycles. The number of esters is 1. The fraction of sp³-hybridized carbons (Fsp3) is 0.762. The van der Waals surface area contributed by atoms with E-state index in [1.54, 1.807) is 12.2 Å². The number of aliphatic hydroxyl groups is 2. The molecule has 3 rings (SSSR count). The molecular weight excluding hydrogens is 351 g/mol. The highest BCUT2D eigenvalue weighted by atomic mass is 19.1. The van der Waals surface area contributed by atoms with Crippen molar-refractivity contribution in [2.75, 3.05) is 7.11 Å². The molecule has 0 amide bonds. The van der Waals surface area contributed by atoms with Crippen LogP contribution in [0, 0.1) is 17.8 Å². The number of fused-ring (bicyclic) bond motifs is 1. The second kappa shape index (κ2) is 9.20. The van der Waals surface area contributed by atoms with Crippen LogP contribution in [0.1, 0.15) is 51.4 Å².